The first-order valence-electron chi connectivity index (χ1n) is 5.63. The largest absolute Gasteiger partial charge is 0.383 e. The van der Waals surface area contributed by atoms with Crippen LogP contribution in [0.15, 0.2) is 6.07 Å². The van der Waals surface area contributed by atoms with Gasteiger partial charge in [0.15, 0.2) is 23.3 Å². The minimum Gasteiger partial charge on any atom is -0.383 e. The van der Waals surface area contributed by atoms with E-state index in [0.717, 1.165) is 12.8 Å². The standard InChI is InChI=1S/C12H13F4NO/c1-18-5-9(6-2-3-6)17-12-10(15)7(13)4-8(14)11(12)16/h4,6,9,17H,2-3,5H2,1H3. The highest BCUT2D eigenvalue weighted by molar-refractivity contribution is 5.48. The normalized spacial score (nSPS) is 16.7. The zero-order valence-corrected chi connectivity index (χ0v) is 9.77. The van der Waals surface area contributed by atoms with Crippen LogP contribution in [0.5, 0.6) is 0 Å². The van der Waals surface area contributed by atoms with Gasteiger partial charge in [-0.25, -0.2) is 17.6 Å². The SMILES string of the molecule is COCC(Nc1c(F)c(F)cc(F)c1F)C1CC1. The summed E-state index contributed by atoms with van der Waals surface area (Å²) in [5.41, 5.74) is -0.763. The molecule has 0 bridgehead atoms. The van der Waals surface area contributed by atoms with Crippen LogP contribution >= 0.6 is 0 Å². The van der Waals surface area contributed by atoms with Gasteiger partial charge in [0, 0.05) is 13.2 Å². The van der Waals surface area contributed by atoms with E-state index in [4.69, 9.17) is 4.74 Å². The Morgan fingerprint density at radius 3 is 2.22 bits per heavy atom. The van der Waals surface area contributed by atoms with Gasteiger partial charge < -0.3 is 10.1 Å². The van der Waals surface area contributed by atoms with Crippen LogP contribution in [0.25, 0.3) is 0 Å². The van der Waals surface area contributed by atoms with Crippen LogP contribution in [0.3, 0.4) is 0 Å². The molecule has 0 amide bonds. The first kappa shape index (κ1) is 13.1. The second kappa shape index (κ2) is 5.14. The molecule has 0 saturated heterocycles. The highest BCUT2D eigenvalue weighted by Crippen LogP contribution is 2.35. The molecule has 1 N–H and O–H groups in total. The van der Waals surface area contributed by atoms with Crippen LogP contribution < -0.4 is 5.32 Å². The minimum atomic E-state index is -1.41. The van der Waals surface area contributed by atoms with E-state index in [0.29, 0.717) is 0 Å². The van der Waals surface area contributed by atoms with E-state index in [1.54, 1.807) is 0 Å². The molecule has 1 unspecified atom stereocenters. The molecule has 0 aromatic heterocycles. The third-order valence-electron chi connectivity index (χ3n) is 2.98. The monoisotopic (exact) mass is 263 g/mol. The van der Waals surface area contributed by atoms with Gasteiger partial charge >= 0.3 is 0 Å². The topological polar surface area (TPSA) is 21.3 Å². The van der Waals surface area contributed by atoms with Crippen molar-refractivity contribution in [3.8, 4) is 0 Å². The van der Waals surface area contributed by atoms with E-state index in [1.807, 2.05) is 0 Å². The Hall–Kier alpha value is -1.30. The number of hydrogen-bond acceptors (Lipinski definition) is 2. The Kier molecular flexibility index (Phi) is 3.75. The zero-order valence-electron chi connectivity index (χ0n) is 9.77. The third kappa shape index (κ3) is 2.58. The summed E-state index contributed by atoms with van der Waals surface area (Å²) in [6.07, 6.45) is 1.81. The number of halogens is 4. The van der Waals surface area contributed by atoms with E-state index >= 15 is 0 Å². The fraction of sp³-hybridized carbons (Fsp3) is 0.500. The van der Waals surface area contributed by atoms with Crippen molar-refractivity contribution in [2.24, 2.45) is 5.92 Å². The molecule has 6 heteroatoms. The predicted molar refractivity (Wildman–Crippen MR) is 58.3 cm³/mol. The summed E-state index contributed by atoms with van der Waals surface area (Å²) >= 11 is 0. The molecule has 1 fully saturated rings. The maximum absolute atomic E-state index is 13.4. The Bertz CT molecular complexity index is 422. The van der Waals surface area contributed by atoms with Crippen LogP contribution in [0.2, 0.25) is 0 Å². The molecule has 0 radical (unpaired) electrons. The molecule has 0 heterocycles. The summed E-state index contributed by atoms with van der Waals surface area (Å²) in [5, 5.41) is 2.51. The van der Waals surface area contributed by atoms with E-state index in [-0.39, 0.29) is 24.6 Å². The summed E-state index contributed by atoms with van der Waals surface area (Å²) in [7, 11) is 1.45. The molecule has 1 aromatic carbocycles. The van der Waals surface area contributed by atoms with Crippen LogP contribution in [-0.4, -0.2) is 19.8 Å². The number of hydrogen-bond donors (Lipinski definition) is 1. The van der Waals surface area contributed by atoms with E-state index < -0.39 is 29.0 Å². The lowest BCUT2D eigenvalue weighted by molar-refractivity contribution is 0.179. The molecule has 0 spiro atoms. The van der Waals surface area contributed by atoms with Crippen molar-refractivity contribution in [2.75, 3.05) is 19.0 Å². The molecule has 2 rings (SSSR count). The van der Waals surface area contributed by atoms with Gasteiger partial charge in [-0.05, 0) is 18.8 Å². The van der Waals surface area contributed by atoms with Crippen molar-refractivity contribution in [3.63, 3.8) is 0 Å². The van der Waals surface area contributed by atoms with Gasteiger partial charge in [-0.15, -0.1) is 0 Å². The van der Waals surface area contributed by atoms with Gasteiger partial charge in [0.2, 0.25) is 0 Å². The maximum atomic E-state index is 13.4. The second-order valence-electron chi connectivity index (χ2n) is 4.39. The molecule has 1 atom stereocenters. The van der Waals surface area contributed by atoms with Crippen molar-refractivity contribution in [1.82, 2.24) is 0 Å². The molecule has 1 aromatic rings. The van der Waals surface area contributed by atoms with Crippen LogP contribution in [0, 0.1) is 29.2 Å². The van der Waals surface area contributed by atoms with Crippen LogP contribution in [0.4, 0.5) is 23.2 Å². The van der Waals surface area contributed by atoms with Gasteiger partial charge in [0.05, 0.1) is 12.6 Å². The minimum absolute atomic E-state index is 0.193. The van der Waals surface area contributed by atoms with Crippen molar-refractivity contribution >= 4 is 5.69 Å². The molecule has 1 aliphatic rings. The Morgan fingerprint density at radius 2 is 1.78 bits per heavy atom. The number of rotatable bonds is 5. The van der Waals surface area contributed by atoms with Gasteiger partial charge in [-0.3, -0.25) is 0 Å². The Labute approximate surface area is 102 Å². The van der Waals surface area contributed by atoms with Crippen molar-refractivity contribution in [3.05, 3.63) is 29.3 Å². The molecule has 18 heavy (non-hydrogen) atoms. The average molecular weight is 263 g/mol. The summed E-state index contributed by atoms with van der Waals surface area (Å²) in [5.74, 6) is -5.42. The smallest absolute Gasteiger partial charge is 0.185 e. The highest BCUT2D eigenvalue weighted by atomic mass is 19.2. The predicted octanol–water partition coefficient (Wildman–Crippen LogP) is 3.08. The first-order valence-corrected chi connectivity index (χ1v) is 5.63. The average Bonchev–Trinajstić information content (AvgIpc) is 3.15. The van der Waals surface area contributed by atoms with Crippen LogP contribution in [0.1, 0.15) is 12.8 Å². The number of methoxy groups -OCH3 is 1. The van der Waals surface area contributed by atoms with Crippen molar-refractivity contribution < 1.29 is 22.3 Å². The highest BCUT2D eigenvalue weighted by Gasteiger charge is 2.33. The third-order valence-corrected chi connectivity index (χ3v) is 2.98. The lowest BCUT2D eigenvalue weighted by Gasteiger charge is -2.19. The lowest BCUT2D eigenvalue weighted by Crippen LogP contribution is -2.28. The molecule has 0 aliphatic heterocycles. The van der Waals surface area contributed by atoms with Gasteiger partial charge in [0.25, 0.3) is 0 Å². The molecule has 100 valence electrons. The van der Waals surface area contributed by atoms with E-state index in [2.05, 4.69) is 5.32 Å². The number of ether oxygens (including phenoxy) is 1. The Balaban J connectivity index is 2.26. The summed E-state index contributed by atoms with van der Waals surface area (Å²) in [6, 6.07) is -0.154. The van der Waals surface area contributed by atoms with Gasteiger partial charge in [0.1, 0.15) is 5.69 Å². The summed E-state index contributed by atoms with van der Waals surface area (Å²) < 4.78 is 57.8. The quantitative estimate of drug-likeness (QED) is 0.651. The number of anilines is 1. The van der Waals surface area contributed by atoms with E-state index in [1.165, 1.54) is 7.11 Å². The zero-order chi connectivity index (χ0) is 13.3. The molecule has 2 nitrogen and oxygen atoms in total. The van der Waals surface area contributed by atoms with Crippen LogP contribution in [-0.2, 0) is 4.74 Å². The fourth-order valence-corrected chi connectivity index (χ4v) is 1.86. The maximum Gasteiger partial charge on any atom is 0.185 e. The number of nitrogens with one attached hydrogen (secondary N) is 1. The second-order valence-corrected chi connectivity index (χ2v) is 4.39. The van der Waals surface area contributed by atoms with E-state index in [9.17, 15) is 17.6 Å². The summed E-state index contributed by atoms with van der Waals surface area (Å²) in [6.45, 7) is 0.224. The number of benzene rings is 1. The van der Waals surface area contributed by atoms with Gasteiger partial charge in [-0.1, -0.05) is 0 Å². The fourth-order valence-electron chi connectivity index (χ4n) is 1.86. The Morgan fingerprint density at radius 1 is 1.22 bits per heavy atom. The molecular weight excluding hydrogens is 250 g/mol. The molecular formula is C12H13F4NO. The first-order chi connectivity index (χ1) is 8.54. The molecule has 1 saturated carbocycles. The summed E-state index contributed by atoms with van der Waals surface area (Å²) in [4.78, 5) is 0. The van der Waals surface area contributed by atoms with Crippen molar-refractivity contribution in [2.45, 2.75) is 18.9 Å². The van der Waals surface area contributed by atoms with Gasteiger partial charge in [-0.2, -0.15) is 0 Å². The molecule has 1 aliphatic carbocycles. The van der Waals surface area contributed by atoms with Crippen molar-refractivity contribution in [1.29, 1.82) is 0 Å². The lowest BCUT2D eigenvalue weighted by atomic mass is 10.1.